The van der Waals surface area contributed by atoms with E-state index in [0.29, 0.717) is 10.8 Å². The van der Waals surface area contributed by atoms with E-state index in [2.05, 4.69) is 20.7 Å². The highest BCUT2D eigenvalue weighted by Crippen LogP contribution is 2.39. The normalized spacial score (nSPS) is 24.9. The predicted molar refractivity (Wildman–Crippen MR) is 96.6 cm³/mol. The van der Waals surface area contributed by atoms with Crippen LogP contribution in [0.2, 0.25) is 0 Å². The van der Waals surface area contributed by atoms with Gasteiger partial charge in [-0.1, -0.05) is 37.5 Å². The zero-order valence-electron chi connectivity index (χ0n) is 14.1. The zero-order valence-corrected chi connectivity index (χ0v) is 14.1. The van der Waals surface area contributed by atoms with Crippen LogP contribution in [-0.2, 0) is 0 Å². The van der Waals surface area contributed by atoms with E-state index in [1.165, 1.54) is 32.1 Å². The fraction of sp³-hybridized carbons (Fsp3) is 0.474. The molecule has 2 N–H and O–H groups in total. The quantitative estimate of drug-likeness (QED) is 0.825. The standard InChI is InChI=1S/C19H22N4O2/c24-18-16-8-4-3-7-15(16)17(21-22-18)19(25)23-20-14-10-9-12-5-1-2-6-13(12)11-14/h3-4,7-8,12-13H,1-2,5-6,9-11H2,(H,22,24)(H,23,25)/b20-14-/t12-,13-/m1/s1. The zero-order chi connectivity index (χ0) is 17.2. The van der Waals surface area contributed by atoms with Gasteiger partial charge in [-0.2, -0.15) is 10.2 Å². The number of carbonyl (C=O) groups excluding carboxylic acids is 1. The van der Waals surface area contributed by atoms with Crippen molar-refractivity contribution in [3.8, 4) is 0 Å². The summed E-state index contributed by atoms with van der Waals surface area (Å²) in [6, 6.07) is 6.97. The molecule has 2 aliphatic carbocycles. The molecule has 0 bridgehead atoms. The van der Waals surface area contributed by atoms with Gasteiger partial charge < -0.3 is 0 Å². The molecule has 2 aliphatic rings. The monoisotopic (exact) mass is 338 g/mol. The van der Waals surface area contributed by atoms with Gasteiger partial charge in [0.1, 0.15) is 0 Å². The highest BCUT2D eigenvalue weighted by molar-refractivity contribution is 6.05. The van der Waals surface area contributed by atoms with Crippen molar-refractivity contribution < 1.29 is 4.79 Å². The molecule has 0 saturated heterocycles. The summed E-state index contributed by atoms with van der Waals surface area (Å²) in [5.74, 6) is 1.18. The Bertz CT molecular complexity index is 886. The third-order valence-corrected chi connectivity index (χ3v) is 5.59. The van der Waals surface area contributed by atoms with Crippen molar-refractivity contribution in [1.82, 2.24) is 15.6 Å². The molecule has 0 unspecified atom stereocenters. The van der Waals surface area contributed by atoms with Crippen LogP contribution in [0, 0.1) is 11.8 Å². The Morgan fingerprint density at radius 1 is 1.12 bits per heavy atom. The van der Waals surface area contributed by atoms with Crippen LogP contribution in [0.5, 0.6) is 0 Å². The van der Waals surface area contributed by atoms with E-state index in [1.807, 2.05) is 0 Å². The number of aromatic nitrogens is 2. The Kier molecular flexibility index (Phi) is 4.34. The fourth-order valence-electron chi connectivity index (χ4n) is 4.26. The van der Waals surface area contributed by atoms with Crippen molar-refractivity contribution in [3.05, 3.63) is 40.3 Å². The van der Waals surface area contributed by atoms with Gasteiger partial charge in [-0.25, -0.2) is 10.5 Å². The summed E-state index contributed by atoms with van der Waals surface area (Å²) in [7, 11) is 0. The molecule has 1 aromatic carbocycles. The fourth-order valence-corrected chi connectivity index (χ4v) is 4.26. The molecule has 0 aliphatic heterocycles. The number of hydrogen-bond donors (Lipinski definition) is 2. The highest BCUT2D eigenvalue weighted by Gasteiger charge is 2.30. The molecule has 2 fully saturated rings. The summed E-state index contributed by atoms with van der Waals surface area (Å²) in [5, 5.41) is 11.7. The second kappa shape index (κ2) is 6.78. The lowest BCUT2D eigenvalue weighted by Crippen LogP contribution is -2.30. The van der Waals surface area contributed by atoms with Crippen LogP contribution < -0.4 is 11.0 Å². The summed E-state index contributed by atoms with van der Waals surface area (Å²) >= 11 is 0. The average Bonchev–Trinajstić information content (AvgIpc) is 2.66. The molecule has 2 atom stereocenters. The minimum absolute atomic E-state index is 0.200. The molecule has 4 rings (SSSR count). The number of hydrazone groups is 1. The van der Waals surface area contributed by atoms with Crippen LogP contribution in [0.1, 0.15) is 55.4 Å². The first-order valence-electron chi connectivity index (χ1n) is 9.05. The number of hydrogen-bond acceptors (Lipinski definition) is 4. The maximum Gasteiger partial charge on any atom is 0.292 e. The van der Waals surface area contributed by atoms with Crippen molar-refractivity contribution in [2.75, 3.05) is 0 Å². The van der Waals surface area contributed by atoms with Gasteiger partial charge >= 0.3 is 0 Å². The van der Waals surface area contributed by atoms with Gasteiger partial charge in [0.25, 0.3) is 11.5 Å². The Hall–Kier alpha value is -2.50. The van der Waals surface area contributed by atoms with Gasteiger partial charge in [-0.3, -0.25) is 9.59 Å². The Labute approximate surface area is 145 Å². The molecule has 25 heavy (non-hydrogen) atoms. The van der Waals surface area contributed by atoms with E-state index < -0.39 is 0 Å². The third-order valence-electron chi connectivity index (χ3n) is 5.59. The second-order valence-electron chi connectivity index (χ2n) is 7.11. The number of carbonyl (C=O) groups is 1. The summed E-state index contributed by atoms with van der Waals surface area (Å²) in [4.78, 5) is 24.3. The number of nitrogens with one attached hydrogen (secondary N) is 2. The van der Waals surface area contributed by atoms with E-state index in [9.17, 15) is 9.59 Å². The van der Waals surface area contributed by atoms with Crippen LogP contribution in [0.15, 0.2) is 34.2 Å². The lowest BCUT2D eigenvalue weighted by molar-refractivity contribution is 0.0950. The molecular formula is C19H22N4O2. The molecular weight excluding hydrogens is 316 g/mol. The Morgan fingerprint density at radius 2 is 1.88 bits per heavy atom. The van der Waals surface area contributed by atoms with Gasteiger partial charge in [-0.05, 0) is 43.6 Å². The molecule has 0 spiro atoms. The number of benzene rings is 1. The third kappa shape index (κ3) is 3.21. The van der Waals surface area contributed by atoms with Gasteiger partial charge in [0.15, 0.2) is 5.69 Å². The Balaban J connectivity index is 1.51. The molecule has 2 saturated carbocycles. The highest BCUT2D eigenvalue weighted by atomic mass is 16.2. The SMILES string of the molecule is O=C(N/N=C1/CC[C@H]2CCCC[C@@H]2C1)c1n[nH]c(=O)c2ccccc12. The van der Waals surface area contributed by atoms with E-state index in [0.717, 1.165) is 30.4 Å². The summed E-state index contributed by atoms with van der Waals surface area (Å²) in [5.41, 5.74) is 3.62. The van der Waals surface area contributed by atoms with Gasteiger partial charge in [0.05, 0.1) is 5.39 Å². The predicted octanol–water partition coefficient (Wildman–Crippen LogP) is 3.00. The van der Waals surface area contributed by atoms with Crippen LogP contribution in [0.4, 0.5) is 0 Å². The first-order valence-corrected chi connectivity index (χ1v) is 9.05. The number of rotatable bonds is 2. The van der Waals surface area contributed by atoms with Crippen LogP contribution >= 0.6 is 0 Å². The molecule has 1 aromatic heterocycles. The van der Waals surface area contributed by atoms with E-state index in [4.69, 9.17) is 0 Å². The van der Waals surface area contributed by atoms with E-state index in [1.54, 1.807) is 24.3 Å². The lowest BCUT2D eigenvalue weighted by Gasteiger charge is -2.35. The van der Waals surface area contributed by atoms with Crippen LogP contribution in [-0.4, -0.2) is 21.8 Å². The molecule has 1 amide bonds. The van der Waals surface area contributed by atoms with Crippen molar-refractivity contribution in [2.45, 2.75) is 44.9 Å². The van der Waals surface area contributed by atoms with Gasteiger partial charge in [-0.15, -0.1) is 0 Å². The smallest absolute Gasteiger partial charge is 0.267 e. The molecule has 6 heteroatoms. The number of aromatic amines is 1. The Morgan fingerprint density at radius 3 is 2.72 bits per heavy atom. The first kappa shape index (κ1) is 16.0. The maximum atomic E-state index is 12.5. The number of amides is 1. The average molecular weight is 338 g/mol. The van der Waals surface area contributed by atoms with E-state index >= 15 is 0 Å². The molecule has 6 nitrogen and oxygen atoms in total. The van der Waals surface area contributed by atoms with Crippen molar-refractivity contribution in [1.29, 1.82) is 0 Å². The van der Waals surface area contributed by atoms with Crippen molar-refractivity contribution in [3.63, 3.8) is 0 Å². The molecule has 0 radical (unpaired) electrons. The largest absolute Gasteiger partial charge is 0.292 e. The summed E-state index contributed by atoms with van der Waals surface area (Å²) in [6.07, 6.45) is 8.43. The number of fused-ring (bicyclic) bond motifs is 2. The van der Waals surface area contributed by atoms with E-state index in [-0.39, 0.29) is 17.2 Å². The number of H-pyrrole nitrogens is 1. The van der Waals surface area contributed by atoms with Gasteiger partial charge in [0.2, 0.25) is 0 Å². The van der Waals surface area contributed by atoms with Crippen molar-refractivity contribution in [2.24, 2.45) is 16.9 Å². The van der Waals surface area contributed by atoms with Crippen LogP contribution in [0.25, 0.3) is 10.8 Å². The second-order valence-corrected chi connectivity index (χ2v) is 7.11. The summed E-state index contributed by atoms with van der Waals surface area (Å²) in [6.45, 7) is 0. The molecule has 1 heterocycles. The molecule has 2 aromatic rings. The lowest BCUT2D eigenvalue weighted by atomic mass is 9.70. The minimum Gasteiger partial charge on any atom is -0.267 e. The molecule has 130 valence electrons. The maximum absolute atomic E-state index is 12.5. The summed E-state index contributed by atoms with van der Waals surface area (Å²) < 4.78 is 0. The topological polar surface area (TPSA) is 87.2 Å². The van der Waals surface area contributed by atoms with Crippen LogP contribution in [0.3, 0.4) is 0 Å². The minimum atomic E-state index is -0.384. The van der Waals surface area contributed by atoms with Crippen molar-refractivity contribution >= 4 is 22.4 Å². The number of nitrogens with zero attached hydrogens (tertiary/aromatic N) is 2. The van der Waals surface area contributed by atoms with Gasteiger partial charge in [0, 0.05) is 11.1 Å². The first-order chi connectivity index (χ1) is 12.2.